The van der Waals surface area contributed by atoms with Crippen molar-refractivity contribution in [1.82, 2.24) is 0 Å². The van der Waals surface area contributed by atoms with Crippen LogP contribution >= 0.6 is 0 Å². The zero-order valence-electron chi connectivity index (χ0n) is 10.7. The fourth-order valence-corrected chi connectivity index (χ4v) is 1.80. The van der Waals surface area contributed by atoms with Crippen molar-refractivity contribution < 1.29 is 19.7 Å². The Labute approximate surface area is 111 Å². The number of rotatable bonds is 5. The van der Waals surface area contributed by atoms with E-state index in [1.165, 1.54) is 12.1 Å². The van der Waals surface area contributed by atoms with Gasteiger partial charge in [0.1, 0.15) is 23.9 Å². The van der Waals surface area contributed by atoms with Crippen molar-refractivity contribution in [2.24, 2.45) is 0 Å². The highest BCUT2D eigenvalue weighted by molar-refractivity contribution is 5.38. The number of phenols is 1. The van der Waals surface area contributed by atoms with Gasteiger partial charge in [-0.3, -0.25) is 0 Å². The van der Waals surface area contributed by atoms with Gasteiger partial charge in [0.2, 0.25) is 0 Å². The van der Waals surface area contributed by atoms with Crippen molar-refractivity contribution in [3.05, 3.63) is 53.6 Å². The molecule has 4 heteroatoms. The molecule has 0 spiro atoms. The van der Waals surface area contributed by atoms with Gasteiger partial charge in [-0.2, -0.15) is 0 Å². The molecule has 4 nitrogen and oxygen atoms in total. The minimum absolute atomic E-state index is 0.0709. The van der Waals surface area contributed by atoms with Crippen molar-refractivity contribution in [3.8, 4) is 17.2 Å². The maximum absolute atomic E-state index is 9.51. The second-order valence-electron chi connectivity index (χ2n) is 4.09. The van der Waals surface area contributed by atoms with E-state index in [-0.39, 0.29) is 12.4 Å². The van der Waals surface area contributed by atoms with E-state index in [4.69, 9.17) is 14.6 Å². The molecule has 2 N–H and O–H groups in total. The molecular weight excluding hydrogens is 244 g/mol. The number of benzene rings is 2. The summed E-state index contributed by atoms with van der Waals surface area (Å²) in [6, 6.07) is 12.3. The van der Waals surface area contributed by atoms with Crippen molar-refractivity contribution in [3.63, 3.8) is 0 Å². The molecule has 0 fully saturated rings. The smallest absolute Gasteiger partial charge is 0.125 e. The Hall–Kier alpha value is -2.20. The Morgan fingerprint density at radius 3 is 2.63 bits per heavy atom. The Balaban J connectivity index is 2.12. The lowest BCUT2D eigenvalue weighted by Crippen LogP contribution is -1.99. The summed E-state index contributed by atoms with van der Waals surface area (Å²) >= 11 is 0. The van der Waals surface area contributed by atoms with Gasteiger partial charge < -0.3 is 19.7 Å². The van der Waals surface area contributed by atoms with Crippen LogP contribution in [0.4, 0.5) is 0 Å². The van der Waals surface area contributed by atoms with Gasteiger partial charge in [0.25, 0.3) is 0 Å². The zero-order chi connectivity index (χ0) is 13.7. The van der Waals surface area contributed by atoms with Crippen molar-refractivity contribution in [1.29, 1.82) is 0 Å². The first-order valence-corrected chi connectivity index (χ1v) is 5.91. The standard InChI is InChI=1S/C15H16O4/c1-18-15-5-3-2-4-12(15)10-19-14-7-11(9-16)6-13(17)8-14/h2-8,16-17H,9-10H2,1H3. The molecule has 0 atom stereocenters. The number of hydrogen-bond donors (Lipinski definition) is 2. The highest BCUT2D eigenvalue weighted by Gasteiger charge is 2.04. The van der Waals surface area contributed by atoms with Gasteiger partial charge >= 0.3 is 0 Å². The largest absolute Gasteiger partial charge is 0.508 e. The number of phenolic OH excluding ortho intramolecular Hbond substituents is 1. The third-order valence-electron chi connectivity index (χ3n) is 2.72. The van der Waals surface area contributed by atoms with Crippen LogP contribution in [0.25, 0.3) is 0 Å². The van der Waals surface area contributed by atoms with E-state index < -0.39 is 0 Å². The van der Waals surface area contributed by atoms with Crippen molar-refractivity contribution >= 4 is 0 Å². The van der Waals surface area contributed by atoms with Crippen LogP contribution in [0.3, 0.4) is 0 Å². The minimum Gasteiger partial charge on any atom is -0.508 e. The summed E-state index contributed by atoms with van der Waals surface area (Å²) < 4.78 is 10.8. The SMILES string of the molecule is COc1ccccc1COc1cc(O)cc(CO)c1. The van der Waals surface area contributed by atoms with Gasteiger partial charge in [0.15, 0.2) is 0 Å². The van der Waals surface area contributed by atoms with Crippen molar-refractivity contribution in [2.45, 2.75) is 13.2 Å². The summed E-state index contributed by atoms with van der Waals surface area (Å²) in [6.45, 7) is 0.192. The van der Waals surface area contributed by atoms with Gasteiger partial charge in [-0.1, -0.05) is 18.2 Å². The van der Waals surface area contributed by atoms with Crippen LogP contribution in [0.15, 0.2) is 42.5 Å². The van der Waals surface area contributed by atoms with E-state index in [9.17, 15) is 5.11 Å². The Bertz CT molecular complexity index is 552. The van der Waals surface area contributed by atoms with Gasteiger partial charge in [-0.05, 0) is 23.8 Å². The molecule has 0 aliphatic heterocycles. The summed E-state index contributed by atoms with van der Waals surface area (Å²) in [7, 11) is 1.61. The lowest BCUT2D eigenvalue weighted by atomic mass is 10.2. The molecular formula is C15H16O4. The van der Waals surface area contributed by atoms with Crippen LogP contribution < -0.4 is 9.47 Å². The van der Waals surface area contributed by atoms with Gasteiger partial charge in [-0.25, -0.2) is 0 Å². The first-order chi connectivity index (χ1) is 9.22. The van der Waals surface area contributed by atoms with Crippen LogP contribution in [0, 0.1) is 0 Å². The summed E-state index contributed by atoms with van der Waals surface area (Å²) in [4.78, 5) is 0. The number of aromatic hydroxyl groups is 1. The number of aliphatic hydroxyl groups excluding tert-OH is 1. The quantitative estimate of drug-likeness (QED) is 0.867. The van der Waals surface area contributed by atoms with Gasteiger partial charge in [0, 0.05) is 11.6 Å². The van der Waals surface area contributed by atoms with Crippen molar-refractivity contribution in [2.75, 3.05) is 7.11 Å². The molecule has 0 saturated carbocycles. The van der Waals surface area contributed by atoms with E-state index in [0.717, 1.165) is 11.3 Å². The number of hydrogen-bond acceptors (Lipinski definition) is 4. The molecule has 0 aromatic heterocycles. The Kier molecular flexibility index (Phi) is 4.26. The number of ether oxygens (including phenoxy) is 2. The van der Waals surface area contributed by atoms with Crippen LogP contribution in [0.5, 0.6) is 17.2 Å². The Morgan fingerprint density at radius 1 is 1.11 bits per heavy atom. The molecule has 0 amide bonds. The molecule has 2 aromatic rings. The lowest BCUT2D eigenvalue weighted by Gasteiger charge is -2.11. The minimum atomic E-state index is -0.139. The molecule has 0 radical (unpaired) electrons. The van der Waals surface area contributed by atoms with Crippen LogP contribution in [0.2, 0.25) is 0 Å². The van der Waals surface area contributed by atoms with Crippen LogP contribution in [0.1, 0.15) is 11.1 Å². The molecule has 0 saturated heterocycles. The molecule has 0 heterocycles. The molecule has 0 aliphatic carbocycles. The van der Waals surface area contributed by atoms with Gasteiger partial charge in [-0.15, -0.1) is 0 Å². The van der Waals surface area contributed by atoms with E-state index in [1.807, 2.05) is 24.3 Å². The maximum Gasteiger partial charge on any atom is 0.125 e. The molecule has 0 aliphatic rings. The molecule has 0 bridgehead atoms. The fourth-order valence-electron chi connectivity index (χ4n) is 1.80. The summed E-state index contributed by atoms with van der Waals surface area (Å²) in [6.07, 6.45) is 0. The fraction of sp³-hybridized carbons (Fsp3) is 0.200. The van der Waals surface area contributed by atoms with E-state index in [2.05, 4.69) is 0 Å². The normalized spacial score (nSPS) is 10.2. The third-order valence-corrected chi connectivity index (χ3v) is 2.72. The number of aliphatic hydroxyl groups is 1. The first kappa shape index (κ1) is 13.2. The summed E-state index contributed by atoms with van der Waals surface area (Å²) in [5, 5.41) is 18.6. The Morgan fingerprint density at radius 2 is 1.89 bits per heavy atom. The molecule has 100 valence electrons. The zero-order valence-corrected chi connectivity index (χ0v) is 10.7. The monoisotopic (exact) mass is 260 g/mol. The molecule has 0 unspecified atom stereocenters. The third kappa shape index (κ3) is 3.39. The second kappa shape index (κ2) is 6.11. The van der Waals surface area contributed by atoms with E-state index in [1.54, 1.807) is 13.2 Å². The predicted molar refractivity (Wildman–Crippen MR) is 71.4 cm³/mol. The molecule has 2 rings (SSSR count). The average molecular weight is 260 g/mol. The molecule has 19 heavy (non-hydrogen) atoms. The highest BCUT2D eigenvalue weighted by atomic mass is 16.5. The first-order valence-electron chi connectivity index (χ1n) is 5.91. The molecule has 2 aromatic carbocycles. The van der Waals surface area contributed by atoms with Crippen LogP contribution in [-0.4, -0.2) is 17.3 Å². The van der Waals surface area contributed by atoms with E-state index in [0.29, 0.717) is 17.9 Å². The number of methoxy groups -OCH3 is 1. The predicted octanol–water partition coefficient (Wildman–Crippen LogP) is 2.47. The second-order valence-corrected chi connectivity index (χ2v) is 4.09. The lowest BCUT2D eigenvalue weighted by molar-refractivity contribution is 0.275. The summed E-state index contributed by atoms with van der Waals surface area (Å²) in [5.74, 6) is 1.33. The van der Waals surface area contributed by atoms with Crippen LogP contribution in [-0.2, 0) is 13.2 Å². The number of para-hydroxylation sites is 1. The maximum atomic E-state index is 9.51. The highest BCUT2D eigenvalue weighted by Crippen LogP contribution is 2.24. The topological polar surface area (TPSA) is 58.9 Å². The van der Waals surface area contributed by atoms with Gasteiger partial charge in [0.05, 0.1) is 13.7 Å². The average Bonchev–Trinajstić information content (AvgIpc) is 2.44. The van der Waals surface area contributed by atoms with E-state index >= 15 is 0 Å². The summed E-state index contributed by atoms with van der Waals surface area (Å²) in [5.41, 5.74) is 1.52.